The van der Waals surface area contributed by atoms with Crippen LogP contribution >= 0.6 is 0 Å². The van der Waals surface area contributed by atoms with E-state index in [4.69, 9.17) is 6.42 Å². The normalized spacial score (nSPS) is 12.4. The summed E-state index contributed by atoms with van der Waals surface area (Å²) in [5.74, 6) is 2.67. The number of hydrogen-bond acceptors (Lipinski definition) is 2. The number of aromatic nitrogens is 2. The van der Waals surface area contributed by atoms with E-state index < -0.39 is 0 Å². The number of nitrogens with zero attached hydrogens (tertiary/aromatic N) is 2. The Morgan fingerprint density at radius 3 is 2.93 bits per heavy atom. The summed E-state index contributed by atoms with van der Waals surface area (Å²) >= 11 is 0. The third-order valence-corrected chi connectivity index (χ3v) is 2.26. The van der Waals surface area contributed by atoms with Crippen LogP contribution in [0.25, 0.3) is 0 Å². The minimum Gasteiger partial charge on any atom is -0.311 e. The predicted molar refractivity (Wildman–Crippen MR) is 57.9 cm³/mol. The average Bonchev–Trinajstić information content (AvgIpc) is 2.55. The summed E-state index contributed by atoms with van der Waals surface area (Å²) in [4.78, 5) is 0. The van der Waals surface area contributed by atoms with Crippen LogP contribution in [0.5, 0.6) is 0 Å². The van der Waals surface area contributed by atoms with Gasteiger partial charge in [-0.2, -0.15) is 5.10 Å². The van der Waals surface area contributed by atoms with Gasteiger partial charge in [0.1, 0.15) is 0 Å². The molecule has 14 heavy (non-hydrogen) atoms. The molecule has 0 aliphatic heterocycles. The Labute approximate surface area is 85.5 Å². The van der Waals surface area contributed by atoms with Crippen LogP contribution in [-0.2, 0) is 6.54 Å². The zero-order valence-corrected chi connectivity index (χ0v) is 9.04. The van der Waals surface area contributed by atoms with Gasteiger partial charge in [0.05, 0.1) is 17.4 Å². The lowest BCUT2D eigenvalue weighted by molar-refractivity contribution is 0.523. The lowest BCUT2D eigenvalue weighted by Gasteiger charge is -2.14. The Morgan fingerprint density at radius 2 is 2.43 bits per heavy atom. The summed E-state index contributed by atoms with van der Waals surface area (Å²) in [7, 11) is 1.92. The van der Waals surface area contributed by atoms with Crippen LogP contribution in [0.15, 0.2) is 6.07 Å². The van der Waals surface area contributed by atoms with Crippen LogP contribution in [0.2, 0.25) is 0 Å². The fourth-order valence-corrected chi connectivity index (χ4v) is 1.57. The van der Waals surface area contributed by atoms with Crippen molar-refractivity contribution in [1.82, 2.24) is 15.1 Å². The predicted octanol–water partition coefficient (Wildman–Crippen LogP) is 1.50. The second-order valence-electron chi connectivity index (χ2n) is 3.28. The smallest absolute Gasteiger partial charge is 0.0600 e. The highest BCUT2D eigenvalue weighted by atomic mass is 15.3. The van der Waals surface area contributed by atoms with E-state index >= 15 is 0 Å². The molecule has 1 unspecified atom stereocenters. The van der Waals surface area contributed by atoms with E-state index in [0.29, 0.717) is 6.42 Å². The molecule has 0 spiro atoms. The number of nitrogens with one attached hydrogen (secondary N) is 1. The molecule has 0 aromatic carbocycles. The van der Waals surface area contributed by atoms with Crippen molar-refractivity contribution in [1.29, 1.82) is 0 Å². The lowest BCUT2D eigenvalue weighted by atomic mass is 10.1. The maximum absolute atomic E-state index is 5.32. The second kappa shape index (κ2) is 4.83. The minimum atomic E-state index is 0.209. The van der Waals surface area contributed by atoms with Crippen molar-refractivity contribution >= 4 is 0 Å². The molecule has 0 bridgehead atoms. The Bertz CT molecular complexity index is 333. The third kappa shape index (κ3) is 2.15. The van der Waals surface area contributed by atoms with E-state index in [1.54, 1.807) is 0 Å². The van der Waals surface area contributed by atoms with Crippen LogP contribution in [0, 0.1) is 19.3 Å². The first-order valence-electron chi connectivity index (χ1n) is 4.88. The van der Waals surface area contributed by atoms with E-state index in [9.17, 15) is 0 Å². The molecular weight excluding hydrogens is 174 g/mol. The van der Waals surface area contributed by atoms with Crippen molar-refractivity contribution in [2.75, 3.05) is 7.05 Å². The maximum Gasteiger partial charge on any atom is 0.0600 e. The van der Waals surface area contributed by atoms with Gasteiger partial charge in [-0.1, -0.05) is 0 Å². The van der Waals surface area contributed by atoms with Crippen molar-refractivity contribution in [3.63, 3.8) is 0 Å². The fraction of sp³-hybridized carbons (Fsp3) is 0.545. The molecule has 0 aliphatic rings. The largest absolute Gasteiger partial charge is 0.311 e. The average molecular weight is 191 g/mol. The van der Waals surface area contributed by atoms with Crippen LogP contribution < -0.4 is 5.32 Å². The van der Waals surface area contributed by atoms with Crippen molar-refractivity contribution in [3.8, 4) is 12.3 Å². The summed E-state index contributed by atoms with van der Waals surface area (Å²) in [5, 5.41) is 7.59. The van der Waals surface area contributed by atoms with Crippen LogP contribution in [-0.4, -0.2) is 16.8 Å². The molecule has 76 valence electrons. The molecule has 1 aromatic heterocycles. The van der Waals surface area contributed by atoms with Crippen LogP contribution in [0.4, 0.5) is 0 Å². The van der Waals surface area contributed by atoms with Gasteiger partial charge in [0.2, 0.25) is 0 Å². The van der Waals surface area contributed by atoms with Crippen molar-refractivity contribution in [2.24, 2.45) is 0 Å². The van der Waals surface area contributed by atoms with E-state index in [1.807, 2.05) is 18.7 Å². The zero-order valence-electron chi connectivity index (χ0n) is 9.04. The Balaban J connectivity index is 2.96. The topological polar surface area (TPSA) is 29.9 Å². The minimum absolute atomic E-state index is 0.209. The van der Waals surface area contributed by atoms with Crippen molar-refractivity contribution in [2.45, 2.75) is 32.9 Å². The Hall–Kier alpha value is -1.27. The lowest BCUT2D eigenvalue weighted by Crippen LogP contribution is -2.19. The van der Waals surface area contributed by atoms with E-state index in [-0.39, 0.29) is 6.04 Å². The zero-order chi connectivity index (χ0) is 10.6. The van der Waals surface area contributed by atoms with E-state index in [0.717, 1.165) is 12.2 Å². The van der Waals surface area contributed by atoms with Crippen molar-refractivity contribution in [3.05, 3.63) is 17.5 Å². The number of hydrogen-bond donors (Lipinski definition) is 1. The molecule has 1 atom stereocenters. The summed E-state index contributed by atoms with van der Waals surface area (Å²) < 4.78 is 1.99. The number of terminal acetylenes is 1. The summed E-state index contributed by atoms with van der Waals surface area (Å²) in [5.41, 5.74) is 2.21. The molecule has 1 rings (SSSR count). The summed E-state index contributed by atoms with van der Waals surface area (Å²) in [6.07, 6.45) is 6.02. The number of rotatable bonds is 4. The molecule has 0 fully saturated rings. The molecule has 1 N–H and O–H groups in total. The monoisotopic (exact) mass is 191 g/mol. The van der Waals surface area contributed by atoms with Crippen molar-refractivity contribution < 1.29 is 0 Å². The molecular formula is C11H17N3. The second-order valence-corrected chi connectivity index (χ2v) is 3.28. The molecule has 0 radical (unpaired) electrons. The molecule has 1 aromatic rings. The molecule has 0 saturated heterocycles. The first kappa shape index (κ1) is 10.8. The van der Waals surface area contributed by atoms with Gasteiger partial charge >= 0.3 is 0 Å². The van der Waals surface area contributed by atoms with Crippen LogP contribution in [0.3, 0.4) is 0 Å². The van der Waals surface area contributed by atoms with Gasteiger partial charge in [-0.15, -0.1) is 12.3 Å². The molecule has 1 heterocycles. The van der Waals surface area contributed by atoms with Gasteiger partial charge in [-0.25, -0.2) is 0 Å². The van der Waals surface area contributed by atoms with Gasteiger partial charge in [0.15, 0.2) is 0 Å². The Kier molecular flexibility index (Phi) is 3.73. The standard InChI is InChI=1S/C11H17N3/c1-5-7-10(12-4)11-8-9(3)13-14(11)6-2/h1,8,10,12H,6-7H2,2-4H3. The molecule has 3 nitrogen and oxygen atoms in total. The number of aryl methyl sites for hydroxylation is 2. The third-order valence-electron chi connectivity index (χ3n) is 2.26. The molecule has 0 aliphatic carbocycles. The van der Waals surface area contributed by atoms with E-state index in [1.165, 1.54) is 5.69 Å². The highest BCUT2D eigenvalue weighted by molar-refractivity contribution is 5.15. The fourth-order valence-electron chi connectivity index (χ4n) is 1.57. The van der Waals surface area contributed by atoms with E-state index in [2.05, 4.69) is 29.3 Å². The van der Waals surface area contributed by atoms with Gasteiger partial charge in [-0.05, 0) is 27.0 Å². The molecule has 3 heteroatoms. The summed E-state index contributed by atoms with van der Waals surface area (Å²) in [6, 6.07) is 2.29. The molecule has 0 amide bonds. The summed E-state index contributed by atoms with van der Waals surface area (Å²) in [6.45, 7) is 4.96. The highest BCUT2D eigenvalue weighted by Crippen LogP contribution is 2.16. The first-order valence-corrected chi connectivity index (χ1v) is 4.88. The highest BCUT2D eigenvalue weighted by Gasteiger charge is 2.13. The molecule has 0 saturated carbocycles. The first-order chi connectivity index (χ1) is 6.72. The van der Waals surface area contributed by atoms with Gasteiger partial charge in [-0.3, -0.25) is 4.68 Å². The maximum atomic E-state index is 5.32. The Morgan fingerprint density at radius 1 is 1.71 bits per heavy atom. The van der Waals surface area contributed by atoms with Gasteiger partial charge in [0, 0.05) is 13.0 Å². The van der Waals surface area contributed by atoms with Gasteiger partial charge < -0.3 is 5.32 Å². The van der Waals surface area contributed by atoms with Gasteiger partial charge in [0.25, 0.3) is 0 Å². The van der Waals surface area contributed by atoms with Crippen LogP contribution in [0.1, 0.15) is 30.8 Å². The SMILES string of the molecule is C#CCC(NC)c1cc(C)nn1CC. The quantitative estimate of drug-likeness (QED) is 0.731.